The normalized spacial score (nSPS) is 15.8. The fourth-order valence-corrected chi connectivity index (χ4v) is 2.23. The highest BCUT2D eigenvalue weighted by atomic mass is 16.5. The van der Waals surface area contributed by atoms with Gasteiger partial charge in [0.25, 0.3) is 0 Å². The Kier molecular flexibility index (Phi) is 5.80. The molecule has 2 N–H and O–H groups in total. The van der Waals surface area contributed by atoms with Crippen molar-refractivity contribution in [2.45, 2.75) is 32.7 Å². The van der Waals surface area contributed by atoms with E-state index in [2.05, 4.69) is 22.5 Å². The van der Waals surface area contributed by atoms with Gasteiger partial charge < -0.3 is 15.4 Å². The number of nitrogens with one attached hydrogen (secondary N) is 2. The van der Waals surface area contributed by atoms with Gasteiger partial charge in [-0.2, -0.15) is 0 Å². The second-order valence-electron chi connectivity index (χ2n) is 5.10. The average Bonchev–Trinajstić information content (AvgIpc) is 2.52. The van der Waals surface area contributed by atoms with Gasteiger partial charge in [-0.05, 0) is 37.9 Å². The maximum Gasteiger partial charge on any atom is 0.223 e. The monoisotopic (exact) mass is 277 g/mol. The van der Waals surface area contributed by atoms with Crippen LogP contribution in [0.5, 0.6) is 5.88 Å². The molecular formula is C15H23N3O2. The van der Waals surface area contributed by atoms with Crippen LogP contribution in [0.15, 0.2) is 18.3 Å². The number of carbonyl (C=O) groups is 1. The van der Waals surface area contributed by atoms with Gasteiger partial charge in [0.05, 0.1) is 6.61 Å². The summed E-state index contributed by atoms with van der Waals surface area (Å²) in [6.07, 6.45) is 4.57. The maximum absolute atomic E-state index is 12.0. The number of amides is 1. The lowest BCUT2D eigenvalue weighted by atomic mass is 9.97. The van der Waals surface area contributed by atoms with Crippen LogP contribution in [0, 0.1) is 5.92 Å². The minimum absolute atomic E-state index is 0.149. The first-order chi connectivity index (χ1) is 9.79. The molecule has 1 aromatic rings. The quantitative estimate of drug-likeness (QED) is 0.827. The molecule has 2 rings (SSSR count). The number of pyridine rings is 1. The van der Waals surface area contributed by atoms with Gasteiger partial charge in [-0.25, -0.2) is 4.98 Å². The summed E-state index contributed by atoms with van der Waals surface area (Å²) >= 11 is 0. The van der Waals surface area contributed by atoms with E-state index in [4.69, 9.17) is 4.74 Å². The van der Waals surface area contributed by atoms with Crippen molar-refractivity contribution in [3.05, 3.63) is 23.9 Å². The van der Waals surface area contributed by atoms with Crippen molar-refractivity contribution in [2.24, 2.45) is 5.92 Å². The SMILES string of the molecule is CCCOc1ccc(CNC(=O)C2CCNCC2)cn1. The van der Waals surface area contributed by atoms with Crippen molar-refractivity contribution < 1.29 is 9.53 Å². The summed E-state index contributed by atoms with van der Waals surface area (Å²) in [4.78, 5) is 16.2. The molecule has 110 valence electrons. The first-order valence-electron chi connectivity index (χ1n) is 7.35. The van der Waals surface area contributed by atoms with Crippen LogP contribution in [-0.4, -0.2) is 30.6 Å². The van der Waals surface area contributed by atoms with Crippen LogP contribution in [-0.2, 0) is 11.3 Å². The fraction of sp³-hybridized carbons (Fsp3) is 0.600. The molecule has 0 unspecified atom stereocenters. The van der Waals surface area contributed by atoms with Crippen molar-refractivity contribution in [1.82, 2.24) is 15.6 Å². The molecule has 5 heteroatoms. The van der Waals surface area contributed by atoms with Crippen LogP contribution < -0.4 is 15.4 Å². The molecule has 1 aliphatic rings. The van der Waals surface area contributed by atoms with Gasteiger partial charge in [0, 0.05) is 24.7 Å². The summed E-state index contributed by atoms with van der Waals surface area (Å²) in [6, 6.07) is 3.79. The molecule has 0 aliphatic carbocycles. The Morgan fingerprint density at radius 2 is 2.25 bits per heavy atom. The first-order valence-corrected chi connectivity index (χ1v) is 7.35. The summed E-state index contributed by atoms with van der Waals surface area (Å²) < 4.78 is 5.43. The van der Waals surface area contributed by atoms with Crippen LogP contribution in [0.1, 0.15) is 31.7 Å². The van der Waals surface area contributed by atoms with Crippen LogP contribution >= 0.6 is 0 Å². The van der Waals surface area contributed by atoms with Gasteiger partial charge in [0.1, 0.15) is 0 Å². The highest BCUT2D eigenvalue weighted by Crippen LogP contribution is 2.12. The van der Waals surface area contributed by atoms with Crippen LogP contribution in [0.25, 0.3) is 0 Å². The predicted molar refractivity (Wildman–Crippen MR) is 77.5 cm³/mol. The van der Waals surface area contributed by atoms with Gasteiger partial charge in [0.2, 0.25) is 11.8 Å². The number of aromatic nitrogens is 1. The van der Waals surface area contributed by atoms with Crippen molar-refractivity contribution in [2.75, 3.05) is 19.7 Å². The molecule has 2 heterocycles. The second-order valence-corrected chi connectivity index (χ2v) is 5.10. The predicted octanol–water partition coefficient (Wildman–Crippen LogP) is 1.49. The number of hydrogen-bond donors (Lipinski definition) is 2. The van der Waals surface area contributed by atoms with Crippen molar-refractivity contribution in [1.29, 1.82) is 0 Å². The van der Waals surface area contributed by atoms with Gasteiger partial charge >= 0.3 is 0 Å². The molecule has 0 radical (unpaired) electrons. The average molecular weight is 277 g/mol. The molecule has 5 nitrogen and oxygen atoms in total. The van der Waals surface area contributed by atoms with Crippen molar-refractivity contribution in [3.63, 3.8) is 0 Å². The highest BCUT2D eigenvalue weighted by molar-refractivity contribution is 5.78. The summed E-state index contributed by atoms with van der Waals surface area (Å²) in [5.41, 5.74) is 0.996. The molecule has 0 bridgehead atoms. The standard InChI is InChI=1S/C15H23N3O2/c1-2-9-20-14-4-3-12(10-17-14)11-18-15(19)13-5-7-16-8-6-13/h3-4,10,13,16H,2,5-9,11H2,1H3,(H,18,19). The Morgan fingerprint density at radius 1 is 1.45 bits per heavy atom. The van der Waals surface area contributed by atoms with Gasteiger partial charge in [-0.15, -0.1) is 0 Å². The highest BCUT2D eigenvalue weighted by Gasteiger charge is 2.20. The van der Waals surface area contributed by atoms with Crippen molar-refractivity contribution in [3.8, 4) is 5.88 Å². The number of piperidine rings is 1. The Bertz CT molecular complexity index is 414. The van der Waals surface area contributed by atoms with Gasteiger partial charge in [-0.3, -0.25) is 4.79 Å². The van der Waals surface area contributed by atoms with E-state index in [-0.39, 0.29) is 11.8 Å². The molecule has 0 saturated carbocycles. The maximum atomic E-state index is 12.0. The summed E-state index contributed by atoms with van der Waals surface area (Å²) in [5.74, 6) is 0.939. The zero-order chi connectivity index (χ0) is 14.2. The molecule has 0 atom stereocenters. The lowest BCUT2D eigenvalue weighted by Crippen LogP contribution is -2.37. The number of rotatable bonds is 6. The lowest BCUT2D eigenvalue weighted by molar-refractivity contribution is -0.125. The van der Waals surface area contributed by atoms with Crippen LogP contribution in [0.4, 0.5) is 0 Å². The zero-order valence-corrected chi connectivity index (χ0v) is 12.0. The van der Waals surface area contributed by atoms with E-state index in [9.17, 15) is 4.79 Å². The first kappa shape index (κ1) is 14.8. The minimum atomic E-state index is 0.149. The third kappa shape index (κ3) is 4.49. The smallest absolute Gasteiger partial charge is 0.223 e. The van der Waals surface area contributed by atoms with Crippen LogP contribution in [0.3, 0.4) is 0 Å². The number of carbonyl (C=O) groups excluding carboxylic acids is 1. The molecule has 1 amide bonds. The number of nitrogens with zero attached hydrogens (tertiary/aromatic N) is 1. The molecule has 1 aliphatic heterocycles. The van der Waals surface area contributed by atoms with Gasteiger partial charge in [-0.1, -0.05) is 13.0 Å². The Morgan fingerprint density at radius 3 is 2.90 bits per heavy atom. The Balaban J connectivity index is 1.76. The second kappa shape index (κ2) is 7.85. The number of hydrogen-bond acceptors (Lipinski definition) is 4. The molecule has 0 spiro atoms. The lowest BCUT2D eigenvalue weighted by Gasteiger charge is -2.21. The summed E-state index contributed by atoms with van der Waals surface area (Å²) in [6.45, 7) is 5.14. The van der Waals surface area contributed by atoms with E-state index < -0.39 is 0 Å². The summed E-state index contributed by atoms with van der Waals surface area (Å²) in [5, 5.41) is 6.25. The topological polar surface area (TPSA) is 63.2 Å². The summed E-state index contributed by atoms with van der Waals surface area (Å²) in [7, 11) is 0. The number of ether oxygens (including phenoxy) is 1. The van der Waals surface area contributed by atoms with E-state index >= 15 is 0 Å². The van der Waals surface area contributed by atoms with E-state index in [0.29, 0.717) is 19.0 Å². The third-order valence-corrected chi connectivity index (χ3v) is 3.43. The molecule has 1 fully saturated rings. The van der Waals surface area contributed by atoms with Gasteiger partial charge in [0.15, 0.2) is 0 Å². The minimum Gasteiger partial charge on any atom is -0.478 e. The molecule has 1 aromatic heterocycles. The molecular weight excluding hydrogens is 254 g/mol. The van der Waals surface area contributed by atoms with E-state index in [1.807, 2.05) is 12.1 Å². The fourth-order valence-electron chi connectivity index (χ4n) is 2.23. The third-order valence-electron chi connectivity index (χ3n) is 3.43. The van der Waals surface area contributed by atoms with E-state index in [0.717, 1.165) is 37.9 Å². The molecule has 0 aromatic carbocycles. The Hall–Kier alpha value is -1.62. The van der Waals surface area contributed by atoms with E-state index in [1.54, 1.807) is 6.20 Å². The van der Waals surface area contributed by atoms with E-state index in [1.165, 1.54) is 0 Å². The Labute approximate surface area is 120 Å². The zero-order valence-electron chi connectivity index (χ0n) is 12.0. The molecule has 1 saturated heterocycles. The molecule has 20 heavy (non-hydrogen) atoms. The largest absolute Gasteiger partial charge is 0.478 e. The van der Waals surface area contributed by atoms with Crippen molar-refractivity contribution >= 4 is 5.91 Å². The van der Waals surface area contributed by atoms with Crippen LogP contribution in [0.2, 0.25) is 0 Å².